The summed E-state index contributed by atoms with van der Waals surface area (Å²) in [5.41, 5.74) is -0.951. The third kappa shape index (κ3) is 4.89. The van der Waals surface area contributed by atoms with Gasteiger partial charge in [0.2, 0.25) is 0 Å². The summed E-state index contributed by atoms with van der Waals surface area (Å²) in [6.07, 6.45) is -3.14. The van der Waals surface area contributed by atoms with Crippen molar-refractivity contribution in [3.05, 3.63) is 52.3 Å². The number of rotatable bonds is 7. The van der Waals surface area contributed by atoms with E-state index in [1.807, 2.05) is 17.5 Å². The highest BCUT2D eigenvalue weighted by Gasteiger charge is 2.31. The lowest BCUT2D eigenvalue weighted by Crippen LogP contribution is -2.14. The molecular weight excluding hydrogens is 413 g/mol. The first-order chi connectivity index (χ1) is 13.4. The zero-order chi connectivity index (χ0) is 20.1. The largest absolute Gasteiger partial charge is 0.489 e. The minimum Gasteiger partial charge on any atom is -0.489 e. The summed E-state index contributed by atoms with van der Waals surface area (Å²) in [5.74, 6) is -0.433. The van der Waals surface area contributed by atoms with Gasteiger partial charge in [-0.15, -0.1) is 22.7 Å². The van der Waals surface area contributed by atoms with E-state index in [4.69, 9.17) is 9.47 Å². The molecule has 28 heavy (non-hydrogen) atoms. The Bertz CT molecular complexity index is 940. The Morgan fingerprint density at radius 1 is 1.25 bits per heavy atom. The second-order valence-corrected chi connectivity index (χ2v) is 7.49. The van der Waals surface area contributed by atoms with Gasteiger partial charge in [0, 0.05) is 7.11 Å². The van der Waals surface area contributed by atoms with Crippen LogP contribution in [0.5, 0.6) is 5.75 Å². The molecule has 0 radical (unpaired) electrons. The van der Waals surface area contributed by atoms with Crippen LogP contribution >= 0.6 is 22.7 Å². The normalized spacial score (nSPS) is 11.4. The molecule has 2 heterocycles. The first-order valence-electron chi connectivity index (χ1n) is 8.02. The lowest BCUT2D eigenvalue weighted by molar-refractivity contribution is -0.137. The van der Waals surface area contributed by atoms with E-state index < -0.39 is 17.6 Å². The topological polar surface area (TPSA) is 60.5 Å². The predicted octanol–water partition coefficient (Wildman–Crippen LogP) is 5.17. The maximum atomic E-state index is 13.0. The molecule has 0 aliphatic heterocycles. The summed E-state index contributed by atoms with van der Waals surface area (Å²) in [6.45, 7) is 0.390. The van der Waals surface area contributed by atoms with E-state index in [0.29, 0.717) is 5.01 Å². The van der Waals surface area contributed by atoms with Gasteiger partial charge in [-0.1, -0.05) is 6.07 Å². The van der Waals surface area contributed by atoms with Crippen molar-refractivity contribution < 1.29 is 27.4 Å². The van der Waals surface area contributed by atoms with Crippen LogP contribution in [-0.2, 0) is 10.9 Å². The summed E-state index contributed by atoms with van der Waals surface area (Å²) in [7, 11) is 1.48. The molecule has 0 aliphatic carbocycles. The molecule has 148 valence electrons. The van der Waals surface area contributed by atoms with Crippen LogP contribution in [0, 0.1) is 0 Å². The van der Waals surface area contributed by atoms with Gasteiger partial charge in [0.25, 0.3) is 5.91 Å². The standard InChI is InChI=1S/C18H15F3N2O3S2/c1-25-6-7-26-13-5-4-11(18(19,20)21)9-12(13)23-16(24)15-10-22-17(28-15)14-3-2-8-27-14/h2-5,8-10H,6-7H2,1H3,(H,23,24). The number of carbonyl (C=O) groups excluding carboxylic acids is 1. The first-order valence-corrected chi connectivity index (χ1v) is 9.72. The highest BCUT2D eigenvalue weighted by Crippen LogP contribution is 2.36. The molecule has 1 N–H and O–H groups in total. The van der Waals surface area contributed by atoms with Gasteiger partial charge < -0.3 is 14.8 Å². The summed E-state index contributed by atoms with van der Waals surface area (Å²) in [6, 6.07) is 6.67. The maximum absolute atomic E-state index is 13.0. The van der Waals surface area contributed by atoms with Gasteiger partial charge in [-0.2, -0.15) is 13.2 Å². The molecule has 3 aromatic rings. The Labute approximate surface area is 166 Å². The number of benzene rings is 1. The molecule has 5 nitrogen and oxygen atoms in total. The number of ether oxygens (including phenoxy) is 2. The number of amides is 1. The van der Waals surface area contributed by atoms with Crippen LogP contribution in [0.3, 0.4) is 0 Å². The SMILES string of the molecule is COCCOc1ccc(C(F)(F)F)cc1NC(=O)c1cnc(-c2cccs2)s1. The molecule has 0 atom stereocenters. The van der Waals surface area contributed by atoms with Gasteiger partial charge >= 0.3 is 6.18 Å². The van der Waals surface area contributed by atoms with Crippen molar-refractivity contribution in [1.82, 2.24) is 4.98 Å². The fraction of sp³-hybridized carbons (Fsp3) is 0.222. The van der Waals surface area contributed by atoms with Gasteiger partial charge in [-0.25, -0.2) is 4.98 Å². The molecule has 1 amide bonds. The molecule has 2 aromatic heterocycles. The van der Waals surface area contributed by atoms with Crippen molar-refractivity contribution in [2.24, 2.45) is 0 Å². The Hall–Kier alpha value is -2.43. The van der Waals surface area contributed by atoms with E-state index in [2.05, 4.69) is 10.3 Å². The van der Waals surface area contributed by atoms with Gasteiger partial charge in [0.1, 0.15) is 22.2 Å². The Balaban J connectivity index is 1.83. The fourth-order valence-corrected chi connectivity index (χ4v) is 3.86. The quantitative estimate of drug-likeness (QED) is 0.528. The van der Waals surface area contributed by atoms with E-state index in [-0.39, 0.29) is 29.5 Å². The Kier molecular flexibility index (Phi) is 6.32. The highest BCUT2D eigenvalue weighted by molar-refractivity contribution is 7.22. The molecule has 0 bridgehead atoms. The summed E-state index contributed by atoms with van der Waals surface area (Å²) >= 11 is 2.64. The van der Waals surface area contributed by atoms with E-state index in [1.165, 1.54) is 30.7 Å². The number of thiophene rings is 1. The smallest absolute Gasteiger partial charge is 0.416 e. The zero-order valence-electron chi connectivity index (χ0n) is 14.6. The van der Waals surface area contributed by atoms with Gasteiger partial charge in [0.05, 0.1) is 28.9 Å². The average molecular weight is 428 g/mol. The molecule has 0 spiro atoms. The number of nitrogens with one attached hydrogen (secondary N) is 1. The lowest BCUT2D eigenvalue weighted by atomic mass is 10.1. The summed E-state index contributed by atoms with van der Waals surface area (Å²) in [5, 5.41) is 5.05. The predicted molar refractivity (Wildman–Crippen MR) is 102 cm³/mol. The highest BCUT2D eigenvalue weighted by atomic mass is 32.1. The Morgan fingerprint density at radius 2 is 2.07 bits per heavy atom. The van der Waals surface area contributed by atoms with E-state index in [0.717, 1.165) is 28.3 Å². The van der Waals surface area contributed by atoms with Crippen LogP contribution in [0.2, 0.25) is 0 Å². The number of alkyl halides is 3. The van der Waals surface area contributed by atoms with Crippen LogP contribution in [0.4, 0.5) is 18.9 Å². The molecular formula is C18H15F3N2O3S2. The third-order valence-corrected chi connectivity index (χ3v) is 5.60. The second-order valence-electron chi connectivity index (χ2n) is 5.51. The molecule has 0 fully saturated rings. The van der Waals surface area contributed by atoms with Crippen molar-refractivity contribution in [3.8, 4) is 15.6 Å². The van der Waals surface area contributed by atoms with Crippen molar-refractivity contribution in [2.45, 2.75) is 6.18 Å². The fourth-order valence-electron chi connectivity index (χ4n) is 2.24. The summed E-state index contributed by atoms with van der Waals surface area (Å²) in [4.78, 5) is 17.9. The second kappa shape index (κ2) is 8.72. The number of hydrogen-bond acceptors (Lipinski definition) is 6. The molecule has 0 unspecified atom stereocenters. The Morgan fingerprint density at radius 3 is 2.75 bits per heavy atom. The molecule has 0 saturated heterocycles. The number of nitrogens with zero attached hydrogens (tertiary/aromatic N) is 1. The molecule has 1 aromatic carbocycles. The van der Waals surface area contributed by atoms with E-state index in [1.54, 1.807) is 0 Å². The average Bonchev–Trinajstić information content (AvgIpc) is 3.33. The van der Waals surface area contributed by atoms with Crippen LogP contribution in [0.1, 0.15) is 15.2 Å². The molecule has 0 saturated carbocycles. The number of anilines is 1. The number of carbonyl (C=O) groups is 1. The minimum atomic E-state index is -4.54. The van der Waals surface area contributed by atoms with E-state index >= 15 is 0 Å². The van der Waals surface area contributed by atoms with Crippen LogP contribution in [0.25, 0.3) is 9.88 Å². The monoisotopic (exact) mass is 428 g/mol. The van der Waals surface area contributed by atoms with Crippen LogP contribution < -0.4 is 10.1 Å². The van der Waals surface area contributed by atoms with Gasteiger partial charge in [-0.3, -0.25) is 4.79 Å². The third-order valence-electron chi connectivity index (χ3n) is 3.56. The molecule has 10 heteroatoms. The maximum Gasteiger partial charge on any atom is 0.416 e. The molecule has 3 rings (SSSR count). The zero-order valence-corrected chi connectivity index (χ0v) is 16.2. The van der Waals surface area contributed by atoms with Crippen molar-refractivity contribution in [1.29, 1.82) is 0 Å². The number of halogens is 3. The van der Waals surface area contributed by atoms with Gasteiger partial charge in [-0.05, 0) is 29.6 Å². The van der Waals surface area contributed by atoms with Crippen molar-refractivity contribution in [3.63, 3.8) is 0 Å². The van der Waals surface area contributed by atoms with Crippen molar-refractivity contribution >= 4 is 34.3 Å². The van der Waals surface area contributed by atoms with Crippen LogP contribution in [0.15, 0.2) is 41.9 Å². The van der Waals surface area contributed by atoms with Gasteiger partial charge in [0.15, 0.2) is 0 Å². The number of methoxy groups -OCH3 is 1. The number of thiazole rings is 1. The van der Waals surface area contributed by atoms with E-state index in [9.17, 15) is 18.0 Å². The summed E-state index contributed by atoms with van der Waals surface area (Å²) < 4.78 is 49.4. The lowest BCUT2D eigenvalue weighted by Gasteiger charge is -2.15. The van der Waals surface area contributed by atoms with Crippen LogP contribution in [-0.4, -0.2) is 31.2 Å². The number of aromatic nitrogens is 1. The van der Waals surface area contributed by atoms with Crippen molar-refractivity contribution in [2.75, 3.05) is 25.6 Å². The first kappa shape index (κ1) is 20.3. The number of hydrogen-bond donors (Lipinski definition) is 1. The minimum absolute atomic E-state index is 0.0676. The molecule has 0 aliphatic rings.